The highest BCUT2D eigenvalue weighted by molar-refractivity contribution is 6.32. The number of nitrogens with one attached hydrogen (secondary N) is 2. The van der Waals surface area contributed by atoms with Crippen LogP contribution >= 0.6 is 11.6 Å². The van der Waals surface area contributed by atoms with E-state index in [1.54, 1.807) is 31.2 Å². The Bertz CT molecular complexity index is 960. The van der Waals surface area contributed by atoms with E-state index in [9.17, 15) is 14.4 Å². The summed E-state index contributed by atoms with van der Waals surface area (Å²) in [5.41, 5.74) is 1.81. The van der Waals surface area contributed by atoms with Gasteiger partial charge in [0.05, 0.1) is 0 Å². The van der Waals surface area contributed by atoms with Gasteiger partial charge < -0.3 is 10.6 Å². The van der Waals surface area contributed by atoms with Crippen molar-refractivity contribution >= 4 is 35.1 Å². The molecule has 2 N–H and O–H groups in total. The molecule has 146 valence electrons. The molecule has 0 bridgehead atoms. The zero-order valence-electron chi connectivity index (χ0n) is 16.0. The van der Waals surface area contributed by atoms with Gasteiger partial charge in [-0.1, -0.05) is 54.9 Å². The number of benzene rings is 2. The molecule has 0 spiro atoms. The molecule has 1 unspecified atom stereocenters. The normalized spacial score (nSPS) is 18.9. The van der Waals surface area contributed by atoms with Crippen LogP contribution in [-0.4, -0.2) is 29.3 Å². The molecule has 4 amide bonds. The smallest absolute Gasteiger partial charge is 0.324 e. The number of anilines is 1. The number of para-hydroxylation sites is 1. The predicted octanol–water partition coefficient (Wildman–Crippen LogP) is 3.62. The third-order valence-corrected chi connectivity index (χ3v) is 5.32. The van der Waals surface area contributed by atoms with Gasteiger partial charge in [-0.15, -0.1) is 0 Å². The molecule has 0 saturated carbocycles. The summed E-state index contributed by atoms with van der Waals surface area (Å²) in [5, 5.41) is 5.87. The maximum atomic E-state index is 13.0. The molecular weight excluding hydrogens is 378 g/mol. The molecule has 1 atom stereocenters. The Hall–Kier alpha value is -2.86. The van der Waals surface area contributed by atoms with Gasteiger partial charge in [-0.2, -0.15) is 0 Å². The third-order valence-electron chi connectivity index (χ3n) is 4.99. The molecule has 7 heteroatoms. The van der Waals surface area contributed by atoms with Gasteiger partial charge in [0.2, 0.25) is 5.91 Å². The fourth-order valence-corrected chi connectivity index (χ4v) is 3.74. The Morgan fingerprint density at radius 2 is 1.89 bits per heavy atom. The first-order valence-corrected chi connectivity index (χ1v) is 9.43. The second-order valence-electron chi connectivity index (χ2n) is 6.94. The fourth-order valence-electron chi connectivity index (χ4n) is 3.41. The predicted molar refractivity (Wildman–Crippen MR) is 108 cm³/mol. The summed E-state index contributed by atoms with van der Waals surface area (Å²) in [4.78, 5) is 38.9. The van der Waals surface area contributed by atoms with Crippen molar-refractivity contribution in [1.29, 1.82) is 0 Å². The number of halogens is 1. The standard InChI is InChI=1S/C21H22ClN3O3/c1-4-14-9-7-8-13(2)18(14)23-17(26)12-25-19(27)21(3,24-20(25)28)15-10-5-6-11-16(15)22/h5-11H,4,12H2,1-3H3,(H,23,26)(H,24,28). The van der Waals surface area contributed by atoms with Crippen LogP contribution in [0.2, 0.25) is 5.02 Å². The van der Waals surface area contributed by atoms with E-state index < -0.39 is 23.4 Å². The lowest BCUT2D eigenvalue weighted by molar-refractivity contribution is -0.133. The topological polar surface area (TPSA) is 78.5 Å². The van der Waals surface area contributed by atoms with Crippen LogP contribution in [0.5, 0.6) is 0 Å². The molecule has 28 heavy (non-hydrogen) atoms. The average Bonchev–Trinajstić information content (AvgIpc) is 2.87. The summed E-state index contributed by atoms with van der Waals surface area (Å²) < 4.78 is 0. The molecule has 3 rings (SSSR count). The van der Waals surface area contributed by atoms with Gasteiger partial charge in [0.15, 0.2) is 0 Å². The Morgan fingerprint density at radius 1 is 1.18 bits per heavy atom. The summed E-state index contributed by atoms with van der Waals surface area (Å²) in [7, 11) is 0. The van der Waals surface area contributed by atoms with E-state index in [0.29, 0.717) is 10.6 Å². The fraction of sp³-hybridized carbons (Fsp3) is 0.286. The maximum absolute atomic E-state index is 13.0. The van der Waals surface area contributed by atoms with Crippen molar-refractivity contribution in [1.82, 2.24) is 10.2 Å². The van der Waals surface area contributed by atoms with Gasteiger partial charge in [-0.3, -0.25) is 14.5 Å². The average molecular weight is 400 g/mol. The van der Waals surface area contributed by atoms with E-state index in [0.717, 1.165) is 28.1 Å². The van der Waals surface area contributed by atoms with E-state index in [4.69, 9.17) is 11.6 Å². The summed E-state index contributed by atoms with van der Waals surface area (Å²) >= 11 is 6.22. The van der Waals surface area contributed by atoms with Crippen molar-refractivity contribution in [3.05, 3.63) is 64.2 Å². The SMILES string of the molecule is CCc1cccc(C)c1NC(=O)CN1C(=O)NC(C)(c2ccccc2Cl)C1=O. The number of carbonyl (C=O) groups is 3. The minimum atomic E-state index is -1.31. The van der Waals surface area contributed by atoms with Crippen molar-refractivity contribution < 1.29 is 14.4 Å². The van der Waals surface area contributed by atoms with Gasteiger partial charge in [0.25, 0.3) is 5.91 Å². The van der Waals surface area contributed by atoms with E-state index in [1.165, 1.54) is 0 Å². The first-order valence-electron chi connectivity index (χ1n) is 9.05. The van der Waals surface area contributed by atoms with Crippen molar-refractivity contribution in [3.8, 4) is 0 Å². The lowest BCUT2D eigenvalue weighted by atomic mass is 9.92. The number of hydrogen-bond acceptors (Lipinski definition) is 3. The number of amides is 4. The van der Waals surface area contributed by atoms with Crippen LogP contribution < -0.4 is 10.6 Å². The zero-order valence-corrected chi connectivity index (χ0v) is 16.8. The summed E-state index contributed by atoms with van der Waals surface area (Å²) in [6.45, 7) is 5.11. The molecule has 0 radical (unpaired) electrons. The van der Waals surface area contributed by atoms with E-state index in [2.05, 4.69) is 10.6 Å². The number of aryl methyl sites for hydroxylation is 2. The number of hydrogen-bond donors (Lipinski definition) is 2. The molecule has 1 aliphatic rings. The van der Waals surface area contributed by atoms with E-state index >= 15 is 0 Å². The lowest BCUT2D eigenvalue weighted by Gasteiger charge is -2.23. The molecule has 1 aliphatic heterocycles. The number of nitrogens with zero attached hydrogens (tertiary/aromatic N) is 1. The number of urea groups is 1. The second-order valence-corrected chi connectivity index (χ2v) is 7.34. The van der Waals surface area contributed by atoms with Crippen LogP contribution in [0.3, 0.4) is 0 Å². The molecule has 0 aliphatic carbocycles. The molecule has 1 heterocycles. The van der Waals surface area contributed by atoms with Gasteiger partial charge >= 0.3 is 6.03 Å². The minimum Gasteiger partial charge on any atom is -0.324 e. The second kappa shape index (κ2) is 7.64. The monoisotopic (exact) mass is 399 g/mol. The maximum Gasteiger partial charge on any atom is 0.325 e. The quantitative estimate of drug-likeness (QED) is 0.754. The molecule has 1 fully saturated rings. The Kier molecular flexibility index (Phi) is 5.42. The van der Waals surface area contributed by atoms with Crippen LogP contribution in [0.1, 0.15) is 30.5 Å². The zero-order chi connectivity index (χ0) is 20.5. The minimum absolute atomic E-state index is 0.373. The molecule has 0 aromatic heterocycles. The Labute approximate surface area is 168 Å². The highest BCUT2D eigenvalue weighted by atomic mass is 35.5. The van der Waals surface area contributed by atoms with Crippen molar-refractivity contribution in [2.45, 2.75) is 32.7 Å². The Balaban J connectivity index is 1.80. The molecular formula is C21H22ClN3O3. The van der Waals surface area contributed by atoms with E-state index in [-0.39, 0.29) is 6.54 Å². The molecule has 2 aromatic carbocycles. The van der Waals surface area contributed by atoms with Gasteiger partial charge in [0.1, 0.15) is 12.1 Å². The molecule has 6 nitrogen and oxygen atoms in total. The van der Waals surface area contributed by atoms with E-state index in [1.807, 2.05) is 32.0 Å². The Morgan fingerprint density at radius 3 is 2.57 bits per heavy atom. The van der Waals surface area contributed by atoms with Gasteiger partial charge in [0, 0.05) is 16.3 Å². The number of imide groups is 1. The van der Waals surface area contributed by atoms with Gasteiger partial charge in [-0.05, 0) is 37.5 Å². The summed E-state index contributed by atoms with van der Waals surface area (Å²) in [6, 6.07) is 12.0. The van der Waals surface area contributed by atoms with Gasteiger partial charge in [-0.25, -0.2) is 4.79 Å². The lowest BCUT2D eigenvalue weighted by Crippen LogP contribution is -2.42. The first-order chi connectivity index (χ1) is 13.3. The van der Waals surface area contributed by atoms with Crippen LogP contribution in [0.4, 0.5) is 10.5 Å². The van der Waals surface area contributed by atoms with Crippen molar-refractivity contribution in [3.63, 3.8) is 0 Å². The molecule has 2 aromatic rings. The third kappa shape index (κ3) is 3.47. The summed E-state index contributed by atoms with van der Waals surface area (Å²) in [5.74, 6) is -0.947. The number of rotatable bonds is 5. The largest absolute Gasteiger partial charge is 0.325 e. The van der Waals surface area contributed by atoms with Crippen LogP contribution in [-0.2, 0) is 21.5 Å². The highest BCUT2D eigenvalue weighted by Crippen LogP contribution is 2.33. The van der Waals surface area contributed by atoms with Crippen molar-refractivity contribution in [2.75, 3.05) is 11.9 Å². The first kappa shape index (κ1) is 19.9. The number of carbonyl (C=O) groups excluding carboxylic acids is 3. The highest BCUT2D eigenvalue weighted by Gasteiger charge is 2.50. The molecule has 1 saturated heterocycles. The van der Waals surface area contributed by atoms with Crippen LogP contribution in [0, 0.1) is 6.92 Å². The van der Waals surface area contributed by atoms with Crippen LogP contribution in [0.15, 0.2) is 42.5 Å². The van der Waals surface area contributed by atoms with Crippen LogP contribution in [0.25, 0.3) is 0 Å². The van der Waals surface area contributed by atoms with Crippen molar-refractivity contribution in [2.24, 2.45) is 0 Å². The summed E-state index contributed by atoms with van der Waals surface area (Å²) in [6.07, 6.45) is 0.755.